The fraction of sp³-hybridized carbons (Fsp3) is 0.200. The largest absolute Gasteiger partial charge is 0.416 e. The number of carbonyl (C=O) groups is 1. The molecule has 0 spiro atoms. The third kappa shape index (κ3) is 4.75. The third-order valence-corrected chi connectivity index (χ3v) is 4.11. The van der Waals surface area contributed by atoms with Gasteiger partial charge < -0.3 is 5.32 Å². The van der Waals surface area contributed by atoms with Gasteiger partial charge in [-0.3, -0.25) is 4.79 Å². The number of nitrogens with one attached hydrogen (secondary N) is 1. The number of amides is 1. The maximum Gasteiger partial charge on any atom is 0.416 e. The van der Waals surface area contributed by atoms with Crippen LogP contribution >= 0.6 is 0 Å². The predicted octanol–water partition coefficient (Wildman–Crippen LogP) is 4.71. The number of nitrogens with zero attached hydrogens (tertiary/aromatic N) is 2. The summed E-state index contributed by atoms with van der Waals surface area (Å²) in [6, 6.07) is 14.5. The molecule has 1 amide bonds. The number of aromatic nitrogens is 2. The molecule has 7 heteroatoms. The number of hydrogen-bond donors (Lipinski definition) is 1. The van der Waals surface area contributed by atoms with Gasteiger partial charge in [-0.05, 0) is 30.2 Å². The van der Waals surface area contributed by atoms with Crippen molar-refractivity contribution in [3.63, 3.8) is 0 Å². The Morgan fingerprint density at radius 1 is 1.15 bits per heavy atom. The van der Waals surface area contributed by atoms with Gasteiger partial charge >= 0.3 is 6.18 Å². The molecule has 3 aromatic rings. The Morgan fingerprint density at radius 2 is 1.89 bits per heavy atom. The minimum atomic E-state index is -4.40. The van der Waals surface area contributed by atoms with Crippen LogP contribution in [0.1, 0.15) is 18.1 Å². The SMILES string of the molecule is CC(Cc1cccc(C(F)(F)F)c1)C(=O)Nc1cnn(-c2ccccc2)c1. The molecule has 0 aliphatic heterocycles. The molecule has 0 saturated heterocycles. The molecule has 0 radical (unpaired) electrons. The Morgan fingerprint density at radius 3 is 2.59 bits per heavy atom. The van der Waals surface area contributed by atoms with Crippen LogP contribution in [0.4, 0.5) is 18.9 Å². The van der Waals surface area contributed by atoms with Crippen LogP contribution in [0.2, 0.25) is 0 Å². The molecular weight excluding hydrogens is 355 g/mol. The average Bonchev–Trinajstić information content (AvgIpc) is 3.10. The first kappa shape index (κ1) is 18.7. The summed E-state index contributed by atoms with van der Waals surface area (Å²) < 4.78 is 40.0. The van der Waals surface area contributed by atoms with Crippen molar-refractivity contribution >= 4 is 11.6 Å². The highest BCUT2D eigenvalue weighted by atomic mass is 19.4. The van der Waals surface area contributed by atoms with E-state index in [4.69, 9.17) is 0 Å². The molecule has 3 rings (SSSR count). The zero-order valence-corrected chi connectivity index (χ0v) is 14.6. The van der Waals surface area contributed by atoms with Gasteiger partial charge in [0.15, 0.2) is 0 Å². The Bertz CT molecular complexity index is 919. The smallest absolute Gasteiger partial charge is 0.323 e. The van der Waals surface area contributed by atoms with Crippen LogP contribution in [0.5, 0.6) is 0 Å². The Labute approximate surface area is 154 Å². The highest BCUT2D eigenvalue weighted by Gasteiger charge is 2.30. The zero-order chi connectivity index (χ0) is 19.4. The summed E-state index contributed by atoms with van der Waals surface area (Å²) in [5.41, 5.74) is 1.14. The van der Waals surface area contributed by atoms with Gasteiger partial charge in [0.1, 0.15) is 0 Å². The topological polar surface area (TPSA) is 46.9 Å². The predicted molar refractivity (Wildman–Crippen MR) is 96.5 cm³/mol. The van der Waals surface area contributed by atoms with Crippen LogP contribution in [0.15, 0.2) is 67.0 Å². The fourth-order valence-electron chi connectivity index (χ4n) is 2.70. The molecule has 1 heterocycles. The van der Waals surface area contributed by atoms with E-state index in [1.807, 2.05) is 30.3 Å². The maximum absolute atomic E-state index is 12.8. The number of benzene rings is 2. The van der Waals surface area contributed by atoms with Crippen molar-refractivity contribution in [2.45, 2.75) is 19.5 Å². The molecule has 140 valence electrons. The van der Waals surface area contributed by atoms with Crippen molar-refractivity contribution in [2.24, 2.45) is 5.92 Å². The molecule has 1 atom stereocenters. The van der Waals surface area contributed by atoms with Crippen molar-refractivity contribution < 1.29 is 18.0 Å². The molecule has 1 N–H and O–H groups in total. The van der Waals surface area contributed by atoms with Crippen molar-refractivity contribution in [2.75, 3.05) is 5.32 Å². The van der Waals surface area contributed by atoms with E-state index < -0.39 is 17.7 Å². The average molecular weight is 373 g/mol. The molecule has 0 aliphatic carbocycles. The standard InChI is InChI=1S/C20H18F3N3O/c1-14(10-15-6-5-7-16(11-15)20(21,22)23)19(27)25-17-12-24-26(13-17)18-8-3-2-4-9-18/h2-9,11-14H,10H2,1H3,(H,25,27). The van der Waals surface area contributed by atoms with E-state index in [1.165, 1.54) is 12.3 Å². The third-order valence-electron chi connectivity index (χ3n) is 4.11. The van der Waals surface area contributed by atoms with E-state index in [0.717, 1.165) is 17.8 Å². The molecule has 27 heavy (non-hydrogen) atoms. The lowest BCUT2D eigenvalue weighted by Crippen LogP contribution is -2.22. The highest BCUT2D eigenvalue weighted by molar-refractivity contribution is 5.92. The summed E-state index contributed by atoms with van der Waals surface area (Å²) in [6.45, 7) is 1.68. The lowest BCUT2D eigenvalue weighted by Gasteiger charge is -2.13. The van der Waals surface area contributed by atoms with E-state index >= 15 is 0 Å². The summed E-state index contributed by atoms with van der Waals surface area (Å²) >= 11 is 0. The van der Waals surface area contributed by atoms with Gasteiger partial charge in [-0.15, -0.1) is 0 Å². The van der Waals surface area contributed by atoms with Crippen molar-refractivity contribution in [1.82, 2.24) is 9.78 Å². The van der Waals surface area contributed by atoms with Crippen molar-refractivity contribution in [3.8, 4) is 5.69 Å². The summed E-state index contributed by atoms with van der Waals surface area (Å²) in [5, 5.41) is 6.95. The van der Waals surface area contributed by atoms with Gasteiger partial charge in [-0.1, -0.05) is 43.3 Å². The van der Waals surface area contributed by atoms with E-state index in [2.05, 4.69) is 10.4 Å². The Balaban J connectivity index is 1.64. The maximum atomic E-state index is 12.8. The van der Waals surface area contributed by atoms with Crippen LogP contribution < -0.4 is 5.32 Å². The highest BCUT2D eigenvalue weighted by Crippen LogP contribution is 2.30. The monoisotopic (exact) mass is 373 g/mol. The Hall–Kier alpha value is -3.09. The van der Waals surface area contributed by atoms with Crippen LogP contribution in [0, 0.1) is 5.92 Å². The molecule has 0 fully saturated rings. The van der Waals surface area contributed by atoms with Crippen LogP contribution in [-0.4, -0.2) is 15.7 Å². The number of carbonyl (C=O) groups excluding carboxylic acids is 1. The molecule has 0 saturated carbocycles. The number of anilines is 1. The number of halogens is 3. The number of para-hydroxylation sites is 1. The van der Waals surface area contributed by atoms with Gasteiger partial charge in [0.05, 0.1) is 29.3 Å². The first-order chi connectivity index (χ1) is 12.8. The minimum Gasteiger partial charge on any atom is -0.323 e. The molecule has 0 bridgehead atoms. The first-order valence-electron chi connectivity index (χ1n) is 8.40. The second-order valence-corrected chi connectivity index (χ2v) is 6.30. The quantitative estimate of drug-likeness (QED) is 0.704. The lowest BCUT2D eigenvalue weighted by molar-refractivity contribution is -0.137. The molecular formula is C20H18F3N3O. The van der Waals surface area contributed by atoms with E-state index in [0.29, 0.717) is 11.3 Å². The molecule has 1 aromatic heterocycles. The summed E-state index contributed by atoms with van der Waals surface area (Å²) in [5.74, 6) is -0.770. The van der Waals surface area contributed by atoms with E-state index in [1.54, 1.807) is 23.9 Å². The second kappa shape index (κ2) is 7.65. The van der Waals surface area contributed by atoms with Crippen molar-refractivity contribution in [3.05, 3.63) is 78.1 Å². The van der Waals surface area contributed by atoms with Gasteiger partial charge in [0, 0.05) is 5.92 Å². The summed E-state index contributed by atoms with van der Waals surface area (Å²) in [7, 11) is 0. The molecule has 2 aromatic carbocycles. The normalized spacial score (nSPS) is 12.6. The van der Waals surface area contributed by atoms with Crippen molar-refractivity contribution in [1.29, 1.82) is 0 Å². The molecule has 4 nitrogen and oxygen atoms in total. The van der Waals surface area contributed by atoms with E-state index in [9.17, 15) is 18.0 Å². The molecule has 1 unspecified atom stereocenters. The zero-order valence-electron chi connectivity index (χ0n) is 14.6. The van der Waals surface area contributed by atoms with Gasteiger partial charge in [-0.25, -0.2) is 4.68 Å². The number of hydrogen-bond acceptors (Lipinski definition) is 2. The number of alkyl halides is 3. The lowest BCUT2D eigenvalue weighted by atomic mass is 9.98. The van der Waals surface area contributed by atoms with Crippen LogP contribution in [-0.2, 0) is 17.4 Å². The fourth-order valence-corrected chi connectivity index (χ4v) is 2.70. The molecule has 0 aliphatic rings. The van der Waals surface area contributed by atoms with E-state index in [-0.39, 0.29) is 12.3 Å². The second-order valence-electron chi connectivity index (χ2n) is 6.30. The Kier molecular flexibility index (Phi) is 5.30. The first-order valence-corrected chi connectivity index (χ1v) is 8.40. The minimum absolute atomic E-state index is 0.211. The number of rotatable bonds is 5. The summed E-state index contributed by atoms with van der Waals surface area (Å²) in [6.07, 6.45) is -0.970. The van der Waals surface area contributed by atoms with Gasteiger partial charge in [0.25, 0.3) is 0 Å². The van der Waals surface area contributed by atoms with Gasteiger partial charge in [-0.2, -0.15) is 18.3 Å². The summed E-state index contributed by atoms with van der Waals surface area (Å²) in [4.78, 5) is 12.4. The van der Waals surface area contributed by atoms with Gasteiger partial charge in [0.2, 0.25) is 5.91 Å². The van der Waals surface area contributed by atoms with Crippen LogP contribution in [0.3, 0.4) is 0 Å². The van der Waals surface area contributed by atoms with Crippen LogP contribution in [0.25, 0.3) is 5.69 Å².